The molecule has 1 atom stereocenters. The SMILES string of the molecule is CCCC1(c2nc3cccnc3n2C)CCCNC1. The number of imidazole rings is 1. The number of fused-ring (bicyclic) bond motifs is 1. The van der Waals surface area contributed by atoms with Crippen LogP contribution in [-0.4, -0.2) is 27.6 Å². The Morgan fingerprint density at radius 1 is 1.47 bits per heavy atom. The van der Waals surface area contributed by atoms with Gasteiger partial charge in [-0.2, -0.15) is 0 Å². The third-order valence-corrected chi connectivity index (χ3v) is 4.30. The summed E-state index contributed by atoms with van der Waals surface area (Å²) < 4.78 is 2.19. The van der Waals surface area contributed by atoms with E-state index in [-0.39, 0.29) is 5.41 Å². The molecule has 1 fully saturated rings. The van der Waals surface area contributed by atoms with Gasteiger partial charge in [-0.3, -0.25) is 0 Å². The van der Waals surface area contributed by atoms with Gasteiger partial charge in [0.25, 0.3) is 0 Å². The molecule has 3 rings (SSSR count). The third kappa shape index (κ3) is 2.04. The molecule has 0 bridgehead atoms. The molecule has 19 heavy (non-hydrogen) atoms. The number of aryl methyl sites for hydroxylation is 1. The number of nitrogens with zero attached hydrogens (tertiary/aromatic N) is 3. The van der Waals surface area contributed by atoms with Crippen LogP contribution in [0, 0.1) is 0 Å². The second kappa shape index (κ2) is 4.93. The van der Waals surface area contributed by atoms with E-state index in [0.717, 1.165) is 24.3 Å². The lowest BCUT2D eigenvalue weighted by atomic mass is 9.76. The largest absolute Gasteiger partial charge is 0.316 e. The zero-order chi connectivity index (χ0) is 13.3. The van der Waals surface area contributed by atoms with Crippen LogP contribution >= 0.6 is 0 Å². The van der Waals surface area contributed by atoms with Crippen LogP contribution in [-0.2, 0) is 12.5 Å². The van der Waals surface area contributed by atoms with Crippen molar-refractivity contribution in [2.45, 2.75) is 38.0 Å². The number of rotatable bonds is 3. The zero-order valence-corrected chi connectivity index (χ0v) is 11.8. The summed E-state index contributed by atoms with van der Waals surface area (Å²) in [6.45, 7) is 4.43. The van der Waals surface area contributed by atoms with E-state index in [9.17, 15) is 0 Å². The Kier molecular flexibility index (Phi) is 3.27. The molecule has 1 aliphatic heterocycles. The lowest BCUT2D eigenvalue weighted by Gasteiger charge is -2.37. The van der Waals surface area contributed by atoms with E-state index in [2.05, 4.69) is 34.9 Å². The normalized spacial score (nSPS) is 23.9. The van der Waals surface area contributed by atoms with E-state index >= 15 is 0 Å². The highest BCUT2D eigenvalue weighted by molar-refractivity contribution is 5.71. The van der Waals surface area contributed by atoms with E-state index in [1.807, 2.05) is 12.3 Å². The van der Waals surface area contributed by atoms with Gasteiger partial charge in [-0.25, -0.2) is 9.97 Å². The highest BCUT2D eigenvalue weighted by Gasteiger charge is 2.37. The van der Waals surface area contributed by atoms with Gasteiger partial charge in [-0.05, 0) is 37.9 Å². The molecule has 0 aromatic carbocycles. The van der Waals surface area contributed by atoms with Crippen LogP contribution in [0.1, 0.15) is 38.4 Å². The van der Waals surface area contributed by atoms with Gasteiger partial charge in [0.05, 0.1) is 0 Å². The summed E-state index contributed by atoms with van der Waals surface area (Å²) in [5.41, 5.74) is 2.20. The van der Waals surface area contributed by atoms with Crippen LogP contribution in [0.3, 0.4) is 0 Å². The van der Waals surface area contributed by atoms with E-state index in [0.29, 0.717) is 0 Å². The molecule has 1 aliphatic rings. The maximum absolute atomic E-state index is 4.89. The number of aromatic nitrogens is 3. The van der Waals surface area contributed by atoms with Crippen LogP contribution < -0.4 is 5.32 Å². The second-order valence-electron chi connectivity index (χ2n) is 5.65. The minimum atomic E-state index is 0.183. The van der Waals surface area contributed by atoms with Crippen molar-refractivity contribution in [1.82, 2.24) is 19.9 Å². The topological polar surface area (TPSA) is 42.7 Å². The van der Waals surface area contributed by atoms with Gasteiger partial charge in [0.15, 0.2) is 5.65 Å². The number of hydrogen-bond donors (Lipinski definition) is 1. The molecule has 4 heteroatoms. The molecule has 1 saturated heterocycles. The van der Waals surface area contributed by atoms with Crippen molar-refractivity contribution in [2.75, 3.05) is 13.1 Å². The van der Waals surface area contributed by atoms with E-state index in [1.165, 1.54) is 31.5 Å². The smallest absolute Gasteiger partial charge is 0.159 e. The van der Waals surface area contributed by atoms with Gasteiger partial charge in [0.1, 0.15) is 11.3 Å². The van der Waals surface area contributed by atoms with Crippen molar-refractivity contribution in [3.8, 4) is 0 Å². The minimum absolute atomic E-state index is 0.183. The lowest BCUT2D eigenvalue weighted by molar-refractivity contribution is 0.271. The first kappa shape index (κ1) is 12.6. The predicted molar refractivity (Wildman–Crippen MR) is 77.2 cm³/mol. The number of nitrogens with one attached hydrogen (secondary N) is 1. The van der Waals surface area contributed by atoms with Crippen LogP contribution in [0.25, 0.3) is 11.2 Å². The minimum Gasteiger partial charge on any atom is -0.316 e. The maximum Gasteiger partial charge on any atom is 0.159 e. The molecule has 0 saturated carbocycles. The molecule has 0 aliphatic carbocycles. The van der Waals surface area contributed by atoms with Crippen LogP contribution in [0.4, 0.5) is 0 Å². The first-order valence-electron chi connectivity index (χ1n) is 7.25. The van der Waals surface area contributed by atoms with Gasteiger partial charge >= 0.3 is 0 Å². The summed E-state index contributed by atoms with van der Waals surface area (Å²) >= 11 is 0. The van der Waals surface area contributed by atoms with Gasteiger partial charge in [-0.1, -0.05) is 13.3 Å². The van der Waals surface area contributed by atoms with Crippen molar-refractivity contribution in [3.05, 3.63) is 24.2 Å². The molecule has 0 spiro atoms. The molecular formula is C15H22N4. The predicted octanol–water partition coefficient (Wildman–Crippen LogP) is 2.39. The Labute approximate surface area is 114 Å². The number of pyridine rings is 1. The molecule has 1 unspecified atom stereocenters. The average molecular weight is 258 g/mol. The van der Waals surface area contributed by atoms with Gasteiger partial charge in [0.2, 0.25) is 0 Å². The summed E-state index contributed by atoms with van der Waals surface area (Å²) in [5, 5.41) is 3.56. The first-order valence-corrected chi connectivity index (χ1v) is 7.25. The monoisotopic (exact) mass is 258 g/mol. The van der Waals surface area contributed by atoms with Crippen LogP contribution in [0.5, 0.6) is 0 Å². The number of hydrogen-bond acceptors (Lipinski definition) is 3. The van der Waals surface area contributed by atoms with E-state index in [1.54, 1.807) is 0 Å². The third-order valence-electron chi connectivity index (χ3n) is 4.30. The highest BCUT2D eigenvalue weighted by Crippen LogP contribution is 2.36. The van der Waals surface area contributed by atoms with Gasteiger partial charge < -0.3 is 9.88 Å². The second-order valence-corrected chi connectivity index (χ2v) is 5.65. The molecule has 0 amide bonds. The Hall–Kier alpha value is -1.42. The Morgan fingerprint density at radius 3 is 3.05 bits per heavy atom. The van der Waals surface area contributed by atoms with Gasteiger partial charge in [0, 0.05) is 25.2 Å². The van der Waals surface area contributed by atoms with Gasteiger partial charge in [-0.15, -0.1) is 0 Å². The average Bonchev–Trinajstić information content (AvgIpc) is 2.79. The maximum atomic E-state index is 4.89. The van der Waals surface area contributed by atoms with Crippen molar-refractivity contribution in [2.24, 2.45) is 7.05 Å². The highest BCUT2D eigenvalue weighted by atomic mass is 15.1. The Bertz CT molecular complexity index is 561. The molecule has 102 valence electrons. The van der Waals surface area contributed by atoms with Crippen molar-refractivity contribution < 1.29 is 0 Å². The molecule has 2 aromatic heterocycles. The Balaban J connectivity index is 2.11. The summed E-state index contributed by atoms with van der Waals surface area (Å²) in [5.74, 6) is 1.20. The molecule has 1 N–H and O–H groups in total. The lowest BCUT2D eigenvalue weighted by Crippen LogP contribution is -2.44. The quantitative estimate of drug-likeness (QED) is 0.919. The molecule has 4 nitrogen and oxygen atoms in total. The number of piperidine rings is 1. The van der Waals surface area contributed by atoms with E-state index in [4.69, 9.17) is 4.98 Å². The fourth-order valence-corrected chi connectivity index (χ4v) is 3.46. The van der Waals surface area contributed by atoms with E-state index < -0.39 is 0 Å². The van der Waals surface area contributed by atoms with Crippen molar-refractivity contribution in [1.29, 1.82) is 0 Å². The summed E-state index contributed by atoms with van der Waals surface area (Å²) in [6, 6.07) is 4.02. The molecule has 3 heterocycles. The summed E-state index contributed by atoms with van der Waals surface area (Å²) in [7, 11) is 2.10. The summed E-state index contributed by atoms with van der Waals surface area (Å²) in [6.07, 6.45) is 6.69. The first-order chi connectivity index (χ1) is 9.27. The van der Waals surface area contributed by atoms with Crippen LogP contribution in [0.15, 0.2) is 18.3 Å². The summed E-state index contributed by atoms with van der Waals surface area (Å²) in [4.78, 5) is 9.35. The van der Waals surface area contributed by atoms with Crippen molar-refractivity contribution in [3.63, 3.8) is 0 Å². The standard InChI is InChI=1S/C15H22N4/c1-3-7-15(8-5-9-16-11-15)14-18-12-6-4-10-17-13(12)19(14)2/h4,6,10,16H,3,5,7-9,11H2,1-2H3. The molecule has 2 aromatic rings. The molecule has 0 radical (unpaired) electrons. The fourth-order valence-electron chi connectivity index (χ4n) is 3.46. The fraction of sp³-hybridized carbons (Fsp3) is 0.600. The van der Waals surface area contributed by atoms with Crippen LogP contribution in [0.2, 0.25) is 0 Å². The molecular weight excluding hydrogens is 236 g/mol. The zero-order valence-electron chi connectivity index (χ0n) is 11.8. The Morgan fingerprint density at radius 2 is 2.37 bits per heavy atom. The van der Waals surface area contributed by atoms with Crippen molar-refractivity contribution >= 4 is 11.2 Å².